The summed E-state index contributed by atoms with van der Waals surface area (Å²) in [6.45, 7) is 2.99. The number of non-ortho nitro benzene ring substituents is 1. The first kappa shape index (κ1) is 25.6. The van der Waals surface area contributed by atoms with Crippen molar-refractivity contribution in [2.45, 2.75) is 32.2 Å². The van der Waals surface area contributed by atoms with E-state index in [-0.39, 0.29) is 30.4 Å². The van der Waals surface area contributed by atoms with E-state index in [1.807, 2.05) is 12.1 Å². The molecule has 190 valence electrons. The average Bonchev–Trinajstić information content (AvgIpc) is 3.32. The Hall–Kier alpha value is -3.47. The van der Waals surface area contributed by atoms with Crippen molar-refractivity contribution in [1.82, 2.24) is 14.9 Å². The summed E-state index contributed by atoms with van der Waals surface area (Å²) in [6, 6.07) is 8.11. The molecule has 0 saturated heterocycles. The highest BCUT2D eigenvalue weighted by Crippen LogP contribution is 2.38. The topological polar surface area (TPSA) is 135 Å². The molecule has 3 N–H and O–H groups in total. The van der Waals surface area contributed by atoms with Gasteiger partial charge in [0.25, 0.3) is 11.2 Å². The lowest BCUT2D eigenvalue weighted by Crippen LogP contribution is -2.23. The Balaban J connectivity index is 0.00000304. The van der Waals surface area contributed by atoms with E-state index >= 15 is 0 Å². The lowest BCUT2D eigenvalue weighted by Gasteiger charge is -2.15. The van der Waals surface area contributed by atoms with E-state index in [0.29, 0.717) is 40.9 Å². The third kappa shape index (κ3) is 4.79. The molecule has 0 bridgehead atoms. The number of halogens is 1. The molecule has 1 aliphatic heterocycles. The molecule has 0 atom stereocenters. The number of nitrogens with two attached hydrogens (primary N) is 1. The number of aryl methyl sites for hydroxylation is 1. The van der Waals surface area contributed by atoms with Crippen molar-refractivity contribution in [3.63, 3.8) is 0 Å². The molecule has 0 radical (unpaired) electrons. The van der Waals surface area contributed by atoms with Crippen LogP contribution in [0.15, 0.2) is 41.3 Å². The van der Waals surface area contributed by atoms with Crippen LogP contribution >= 0.6 is 12.4 Å². The summed E-state index contributed by atoms with van der Waals surface area (Å²) in [4.78, 5) is 29.2. The van der Waals surface area contributed by atoms with Crippen LogP contribution < -0.4 is 26.1 Å². The molecule has 36 heavy (non-hydrogen) atoms. The van der Waals surface area contributed by atoms with Crippen LogP contribution in [0, 0.1) is 10.1 Å². The van der Waals surface area contributed by atoms with Crippen LogP contribution in [0.2, 0.25) is 0 Å². The van der Waals surface area contributed by atoms with E-state index in [4.69, 9.17) is 15.2 Å². The Morgan fingerprint density at radius 2 is 1.78 bits per heavy atom. The van der Waals surface area contributed by atoms with Gasteiger partial charge in [-0.25, -0.2) is 0 Å². The predicted octanol–water partition coefficient (Wildman–Crippen LogP) is 3.87. The first-order valence-corrected chi connectivity index (χ1v) is 11.8. The minimum Gasteiger partial charge on any atom is -0.454 e. The number of unbranched alkanes of at least 4 members (excludes halogenated alkanes) is 3. The van der Waals surface area contributed by atoms with Crippen molar-refractivity contribution in [2.24, 2.45) is 5.73 Å². The Morgan fingerprint density at radius 3 is 2.56 bits per heavy atom. The van der Waals surface area contributed by atoms with Crippen LogP contribution in [0.4, 0.5) is 5.69 Å². The maximum atomic E-state index is 13.7. The summed E-state index contributed by atoms with van der Waals surface area (Å²) in [5.41, 5.74) is 6.60. The number of aromatic nitrogens is 2. The number of rotatable bonds is 10. The number of nitro benzene ring substituents is 1. The van der Waals surface area contributed by atoms with Crippen LogP contribution in [-0.2, 0) is 6.54 Å². The molecule has 0 amide bonds. The molecule has 0 spiro atoms. The number of benzene rings is 2. The maximum absolute atomic E-state index is 13.7. The zero-order valence-corrected chi connectivity index (χ0v) is 20.5. The summed E-state index contributed by atoms with van der Waals surface area (Å²) in [7, 11) is 0. The van der Waals surface area contributed by atoms with Gasteiger partial charge in [0.15, 0.2) is 11.5 Å². The molecule has 0 saturated carbocycles. The maximum Gasteiger partial charge on any atom is 0.270 e. The van der Waals surface area contributed by atoms with E-state index in [2.05, 4.69) is 10.3 Å². The molecule has 10 nitrogen and oxygen atoms in total. The van der Waals surface area contributed by atoms with E-state index in [1.54, 1.807) is 16.8 Å². The number of nitrogens with one attached hydrogen (secondary N) is 1. The van der Waals surface area contributed by atoms with Gasteiger partial charge in [0.05, 0.1) is 21.3 Å². The molecule has 1 aliphatic rings. The molecule has 5 rings (SSSR count). The predicted molar refractivity (Wildman–Crippen MR) is 141 cm³/mol. The first-order chi connectivity index (χ1) is 17.1. The van der Waals surface area contributed by atoms with E-state index < -0.39 is 4.92 Å². The Bertz CT molecular complexity index is 1490. The first-order valence-electron chi connectivity index (χ1n) is 11.8. The average molecular weight is 514 g/mol. The molecule has 0 unspecified atom stereocenters. The van der Waals surface area contributed by atoms with Gasteiger partial charge < -0.3 is 25.1 Å². The number of pyridine rings is 2. The fraction of sp³-hybridized carbons (Fsp3) is 0.360. The normalized spacial score (nSPS) is 12.4. The monoisotopic (exact) mass is 513 g/mol. The number of hydrogen-bond donors (Lipinski definition) is 2. The van der Waals surface area contributed by atoms with E-state index in [9.17, 15) is 14.9 Å². The Kier molecular flexibility index (Phi) is 7.88. The molecular weight excluding hydrogens is 486 g/mol. The lowest BCUT2D eigenvalue weighted by molar-refractivity contribution is -0.384. The molecule has 0 aliphatic carbocycles. The van der Waals surface area contributed by atoms with Gasteiger partial charge in [-0.3, -0.25) is 19.9 Å². The number of fused-ring (bicyclic) bond motifs is 6. The van der Waals surface area contributed by atoms with E-state index in [1.165, 1.54) is 12.1 Å². The van der Waals surface area contributed by atoms with Gasteiger partial charge in [-0.2, -0.15) is 0 Å². The fourth-order valence-corrected chi connectivity index (χ4v) is 4.67. The van der Waals surface area contributed by atoms with Crippen molar-refractivity contribution in [3.8, 4) is 11.5 Å². The lowest BCUT2D eigenvalue weighted by atomic mass is 10.0. The second-order valence-electron chi connectivity index (χ2n) is 8.64. The minimum absolute atomic E-state index is 0. The van der Waals surface area contributed by atoms with Crippen LogP contribution in [0.3, 0.4) is 0 Å². The summed E-state index contributed by atoms with van der Waals surface area (Å²) in [5.74, 6) is 1.23. The third-order valence-corrected chi connectivity index (χ3v) is 6.39. The minimum atomic E-state index is -0.481. The Morgan fingerprint density at radius 1 is 1.00 bits per heavy atom. The zero-order chi connectivity index (χ0) is 24.4. The summed E-state index contributed by atoms with van der Waals surface area (Å²) in [5, 5.41) is 17.2. The molecule has 0 fully saturated rings. The van der Waals surface area contributed by atoms with Gasteiger partial charge in [0, 0.05) is 54.8 Å². The summed E-state index contributed by atoms with van der Waals surface area (Å²) < 4.78 is 12.8. The number of nitrogens with zero attached hydrogens (tertiary/aromatic N) is 3. The summed E-state index contributed by atoms with van der Waals surface area (Å²) in [6.07, 6.45) is 5.56. The second-order valence-corrected chi connectivity index (χ2v) is 8.64. The van der Waals surface area contributed by atoms with Crippen LogP contribution in [-0.4, -0.2) is 40.9 Å². The highest BCUT2D eigenvalue weighted by Gasteiger charge is 2.20. The third-order valence-electron chi connectivity index (χ3n) is 6.39. The number of ether oxygens (including phenoxy) is 2. The molecule has 3 heterocycles. The van der Waals surface area contributed by atoms with Gasteiger partial charge in [0.2, 0.25) is 6.79 Å². The van der Waals surface area contributed by atoms with Crippen molar-refractivity contribution in [3.05, 3.63) is 57.0 Å². The molecule has 11 heteroatoms. The van der Waals surface area contributed by atoms with Gasteiger partial charge in [0.1, 0.15) is 0 Å². The zero-order valence-electron chi connectivity index (χ0n) is 19.7. The largest absolute Gasteiger partial charge is 0.454 e. The molecule has 2 aromatic heterocycles. The van der Waals surface area contributed by atoms with Crippen molar-refractivity contribution < 1.29 is 14.4 Å². The second kappa shape index (κ2) is 11.1. The highest BCUT2D eigenvalue weighted by atomic mass is 35.5. The van der Waals surface area contributed by atoms with Crippen LogP contribution in [0.1, 0.15) is 25.7 Å². The van der Waals surface area contributed by atoms with Crippen molar-refractivity contribution >= 4 is 50.7 Å². The van der Waals surface area contributed by atoms with E-state index in [0.717, 1.165) is 55.1 Å². The molecule has 4 aromatic rings. The van der Waals surface area contributed by atoms with Crippen molar-refractivity contribution in [1.29, 1.82) is 0 Å². The van der Waals surface area contributed by atoms with Crippen molar-refractivity contribution in [2.75, 3.05) is 26.4 Å². The SMILES string of the molecule is Cl.NCCNCCCCCCn1c(=O)c2cc([N+](=O)[O-])ccc2c2cnc3cc4c(cc3c21)OCO4. The van der Waals surface area contributed by atoms with Crippen LogP contribution in [0.25, 0.3) is 32.6 Å². The van der Waals surface area contributed by atoms with Gasteiger partial charge in [-0.15, -0.1) is 12.4 Å². The van der Waals surface area contributed by atoms with Gasteiger partial charge in [-0.1, -0.05) is 12.8 Å². The highest BCUT2D eigenvalue weighted by molar-refractivity contribution is 6.14. The smallest absolute Gasteiger partial charge is 0.270 e. The number of hydrogen-bond acceptors (Lipinski definition) is 8. The quantitative estimate of drug-likeness (QED) is 0.141. The van der Waals surface area contributed by atoms with Gasteiger partial charge >= 0.3 is 0 Å². The number of nitro groups is 1. The fourth-order valence-electron chi connectivity index (χ4n) is 4.67. The van der Waals surface area contributed by atoms with Gasteiger partial charge in [-0.05, 0) is 36.9 Å². The summed E-state index contributed by atoms with van der Waals surface area (Å²) >= 11 is 0. The Labute approximate surface area is 212 Å². The van der Waals surface area contributed by atoms with Crippen LogP contribution in [0.5, 0.6) is 11.5 Å². The molecule has 2 aromatic carbocycles. The molecular formula is C25H28ClN5O5. The standard InChI is InChI=1S/C25H27N5O5.ClH/c26-7-9-27-8-3-1-2-4-10-29-24-19-12-22-23(35-15-34-22)13-21(19)28-14-20(24)17-6-5-16(30(32)33)11-18(17)25(29)31;/h5-6,11-14,27H,1-4,7-10,15,26H2;1H.